The minimum absolute atomic E-state index is 0.0816. The number of rotatable bonds is 1. The summed E-state index contributed by atoms with van der Waals surface area (Å²) in [6.45, 7) is 0. The summed E-state index contributed by atoms with van der Waals surface area (Å²) in [5.74, 6) is -0.0816. The Morgan fingerprint density at radius 3 is 2.75 bits per heavy atom. The molecule has 3 N–H and O–H groups in total. The highest BCUT2D eigenvalue weighted by atomic mass is 35.5. The molecule has 2 aromatic rings. The van der Waals surface area contributed by atoms with Crippen molar-refractivity contribution in [2.45, 2.75) is 0 Å². The van der Waals surface area contributed by atoms with Gasteiger partial charge < -0.3 is 10.7 Å². The molecule has 16 heavy (non-hydrogen) atoms. The molecule has 0 aliphatic rings. The zero-order valence-electron chi connectivity index (χ0n) is 8.00. The van der Waals surface area contributed by atoms with E-state index in [0.717, 1.165) is 0 Å². The highest BCUT2D eigenvalue weighted by molar-refractivity contribution is 6.35. The van der Waals surface area contributed by atoms with Gasteiger partial charge in [-0.1, -0.05) is 23.2 Å². The number of hydrogen-bond acceptors (Lipinski definition) is 3. The molecule has 0 fully saturated rings. The molecule has 0 bridgehead atoms. The predicted molar refractivity (Wildman–Crippen MR) is 64.7 cm³/mol. The Hall–Kier alpha value is -1.52. The highest BCUT2D eigenvalue weighted by Gasteiger charge is 2.06. The van der Waals surface area contributed by atoms with Gasteiger partial charge in [0.05, 0.1) is 16.9 Å². The topological polar surface area (TPSA) is 71.8 Å². The van der Waals surface area contributed by atoms with Gasteiger partial charge >= 0.3 is 0 Å². The number of halogens is 2. The number of hydrogen-bond donors (Lipinski definition) is 2. The molecule has 0 saturated heterocycles. The lowest BCUT2D eigenvalue weighted by molar-refractivity contribution is 1.16. The summed E-state index contributed by atoms with van der Waals surface area (Å²) in [5.41, 5.74) is 5.96. The number of nitrogen functional groups attached to an aromatic ring is 1. The van der Waals surface area contributed by atoms with Crippen molar-refractivity contribution in [1.82, 2.24) is 9.97 Å². The maximum atomic E-state index is 11.3. The van der Waals surface area contributed by atoms with Crippen LogP contribution in [0.25, 0.3) is 11.3 Å². The minimum atomic E-state index is -0.450. The van der Waals surface area contributed by atoms with E-state index in [0.29, 0.717) is 21.3 Å². The Labute approximate surface area is 101 Å². The molecule has 82 valence electrons. The van der Waals surface area contributed by atoms with Crippen LogP contribution < -0.4 is 11.3 Å². The second-order valence-electron chi connectivity index (χ2n) is 3.14. The number of nitrogens with one attached hydrogen (secondary N) is 1. The molecule has 0 radical (unpaired) electrons. The lowest BCUT2D eigenvalue weighted by atomic mass is 10.1. The van der Waals surface area contributed by atoms with Crippen LogP contribution in [0.4, 0.5) is 5.82 Å². The number of aromatic nitrogens is 2. The molecule has 0 unspecified atom stereocenters. The summed E-state index contributed by atoms with van der Waals surface area (Å²) in [6, 6.07) is 4.96. The van der Waals surface area contributed by atoms with E-state index < -0.39 is 5.56 Å². The molecular formula is C10H7Cl2N3O. The number of H-pyrrole nitrogens is 1. The van der Waals surface area contributed by atoms with Crippen LogP contribution in [0.15, 0.2) is 29.2 Å². The van der Waals surface area contributed by atoms with Crippen LogP contribution in [0.2, 0.25) is 10.0 Å². The van der Waals surface area contributed by atoms with E-state index in [4.69, 9.17) is 28.9 Å². The summed E-state index contributed by atoms with van der Waals surface area (Å²) in [6.07, 6.45) is 1.44. The van der Waals surface area contributed by atoms with Crippen LogP contribution in [-0.4, -0.2) is 9.97 Å². The van der Waals surface area contributed by atoms with Gasteiger partial charge in [0.2, 0.25) is 0 Å². The van der Waals surface area contributed by atoms with Gasteiger partial charge in [-0.15, -0.1) is 0 Å². The number of nitrogens with zero attached hydrogens (tertiary/aromatic N) is 1. The maximum absolute atomic E-state index is 11.3. The number of anilines is 1. The van der Waals surface area contributed by atoms with Gasteiger partial charge in [0.25, 0.3) is 5.56 Å². The quantitative estimate of drug-likeness (QED) is 0.822. The van der Waals surface area contributed by atoms with Crippen molar-refractivity contribution < 1.29 is 0 Å². The molecule has 0 atom stereocenters. The molecule has 0 aliphatic heterocycles. The molecule has 1 aromatic carbocycles. The molecule has 0 aliphatic carbocycles. The van der Waals surface area contributed by atoms with Gasteiger partial charge in [-0.3, -0.25) is 4.79 Å². The largest absolute Gasteiger partial charge is 0.379 e. The first-order valence-electron chi connectivity index (χ1n) is 4.38. The SMILES string of the molecule is Nc1ncc(-c2cc(Cl)ccc2Cl)[nH]c1=O. The predicted octanol–water partition coefficient (Wildman–Crippen LogP) is 2.33. The monoisotopic (exact) mass is 255 g/mol. The molecule has 1 heterocycles. The van der Waals surface area contributed by atoms with Crippen molar-refractivity contribution in [3.63, 3.8) is 0 Å². The average molecular weight is 256 g/mol. The molecule has 2 rings (SSSR count). The van der Waals surface area contributed by atoms with E-state index in [1.54, 1.807) is 18.2 Å². The fourth-order valence-electron chi connectivity index (χ4n) is 1.25. The lowest BCUT2D eigenvalue weighted by Crippen LogP contribution is -2.14. The molecule has 0 saturated carbocycles. The normalized spacial score (nSPS) is 10.4. The third kappa shape index (κ3) is 2.03. The molecule has 6 heteroatoms. The Morgan fingerprint density at radius 2 is 2.06 bits per heavy atom. The zero-order valence-corrected chi connectivity index (χ0v) is 9.51. The van der Waals surface area contributed by atoms with Gasteiger partial charge in [0.15, 0.2) is 5.82 Å². The maximum Gasteiger partial charge on any atom is 0.290 e. The van der Waals surface area contributed by atoms with Crippen molar-refractivity contribution in [3.8, 4) is 11.3 Å². The molecular weight excluding hydrogens is 249 g/mol. The van der Waals surface area contributed by atoms with Crippen molar-refractivity contribution in [1.29, 1.82) is 0 Å². The smallest absolute Gasteiger partial charge is 0.290 e. The average Bonchev–Trinajstić information content (AvgIpc) is 2.26. The summed E-state index contributed by atoms with van der Waals surface area (Å²) in [7, 11) is 0. The first kappa shape index (κ1) is 11.0. The standard InChI is InChI=1S/C10H7Cl2N3O/c11-5-1-2-7(12)6(3-5)8-4-14-9(13)10(16)15-8/h1-4H,(H2,13,14)(H,15,16). The van der Waals surface area contributed by atoms with E-state index >= 15 is 0 Å². The summed E-state index contributed by atoms with van der Waals surface area (Å²) < 4.78 is 0. The number of aromatic amines is 1. The van der Waals surface area contributed by atoms with Gasteiger partial charge in [-0.25, -0.2) is 4.98 Å². The van der Waals surface area contributed by atoms with Crippen LogP contribution in [0, 0.1) is 0 Å². The van der Waals surface area contributed by atoms with E-state index in [-0.39, 0.29) is 5.82 Å². The van der Waals surface area contributed by atoms with Gasteiger partial charge in [0, 0.05) is 10.6 Å². The summed E-state index contributed by atoms with van der Waals surface area (Å²) in [5, 5.41) is 1.00. The van der Waals surface area contributed by atoms with Crippen LogP contribution in [0.3, 0.4) is 0 Å². The number of benzene rings is 1. The fraction of sp³-hybridized carbons (Fsp3) is 0. The fourth-order valence-corrected chi connectivity index (χ4v) is 1.64. The lowest BCUT2D eigenvalue weighted by Gasteiger charge is -2.04. The van der Waals surface area contributed by atoms with Gasteiger partial charge in [-0.05, 0) is 18.2 Å². The van der Waals surface area contributed by atoms with E-state index in [2.05, 4.69) is 9.97 Å². The number of nitrogens with two attached hydrogens (primary N) is 1. The molecule has 0 amide bonds. The van der Waals surface area contributed by atoms with Crippen LogP contribution in [-0.2, 0) is 0 Å². The zero-order chi connectivity index (χ0) is 11.7. The van der Waals surface area contributed by atoms with Gasteiger partial charge in [0.1, 0.15) is 0 Å². The molecule has 1 aromatic heterocycles. The third-order valence-electron chi connectivity index (χ3n) is 2.03. The summed E-state index contributed by atoms with van der Waals surface area (Å²) >= 11 is 11.8. The van der Waals surface area contributed by atoms with Crippen LogP contribution in [0.1, 0.15) is 0 Å². The van der Waals surface area contributed by atoms with E-state index in [1.165, 1.54) is 6.20 Å². The second-order valence-corrected chi connectivity index (χ2v) is 3.98. The Morgan fingerprint density at radius 1 is 1.31 bits per heavy atom. The first-order valence-corrected chi connectivity index (χ1v) is 5.14. The third-order valence-corrected chi connectivity index (χ3v) is 2.60. The second kappa shape index (κ2) is 4.15. The van der Waals surface area contributed by atoms with Crippen molar-refractivity contribution in [2.75, 3.05) is 5.73 Å². The molecule has 4 nitrogen and oxygen atoms in total. The van der Waals surface area contributed by atoms with Crippen LogP contribution >= 0.6 is 23.2 Å². The van der Waals surface area contributed by atoms with E-state index in [1.807, 2.05) is 0 Å². The minimum Gasteiger partial charge on any atom is -0.379 e. The Kier molecular flexibility index (Phi) is 2.85. The van der Waals surface area contributed by atoms with Crippen molar-refractivity contribution in [3.05, 3.63) is 44.8 Å². The van der Waals surface area contributed by atoms with Crippen molar-refractivity contribution in [2.24, 2.45) is 0 Å². The molecule has 0 spiro atoms. The Balaban J connectivity index is 2.63. The van der Waals surface area contributed by atoms with Crippen molar-refractivity contribution >= 4 is 29.0 Å². The Bertz CT molecular complexity index is 595. The van der Waals surface area contributed by atoms with Crippen LogP contribution in [0.5, 0.6) is 0 Å². The van der Waals surface area contributed by atoms with Gasteiger partial charge in [-0.2, -0.15) is 0 Å². The first-order chi connectivity index (χ1) is 7.58. The van der Waals surface area contributed by atoms with E-state index in [9.17, 15) is 4.79 Å². The summed E-state index contributed by atoms with van der Waals surface area (Å²) in [4.78, 5) is 17.6. The highest BCUT2D eigenvalue weighted by Crippen LogP contribution is 2.28.